The van der Waals surface area contributed by atoms with Crippen LogP contribution in [-0.2, 0) is 13.5 Å². The van der Waals surface area contributed by atoms with E-state index in [0.29, 0.717) is 6.61 Å². The summed E-state index contributed by atoms with van der Waals surface area (Å²) >= 11 is 0. The Balaban J connectivity index is 2.05. The Kier molecular flexibility index (Phi) is 2.59. The minimum atomic E-state index is -0.674. The van der Waals surface area contributed by atoms with Crippen LogP contribution in [-0.4, -0.2) is 21.5 Å². The number of aromatic nitrogens is 2. The van der Waals surface area contributed by atoms with E-state index in [0.717, 1.165) is 29.0 Å². The third-order valence-corrected chi connectivity index (χ3v) is 3.61. The summed E-state index contributed by atoms with van der Waals surface area (Å²) in [6.07, 6.45) is 1.96. The predicted molar refractivity (Wildman–Crippen MR) is 67.6 cm³/mol. The molecule has 18 heavy (non-hydrogen) atoms. The van der Waals surface area contributed by atoms with Gasteiger partial charge in [-0.05, 0) is 12.5 Å². The Bertz CT molecular complexity index is 589. The molecule has 1 unspecified atom stereocenters. The lowest BCUT2D eigenvalue weighted by Crippen LogP contribution is -2.04. The van der Waals surface area contributed by atoms with Crippen LogP contribution in [0.15, 0.2) is 24.4 Å². The Hall–Kier alpha value is -1.81. The standard InChI is InChI=1S/C14H16N2O2/c1-9-12(8-15-16(9)2)13(17)11-5-3-4-10-6-7-18-14(10)11/h3-5,8,13,17H,6-7H2,1-2H3. The third-order valence-electron chi connectivity index (χ3n) is 3.61. The molecule has 0 spiro atoms. The van der Waals surface area contributed by atoms with E-state index in [1.54, 1.807) is 10.9 Å². The van der Waals surface area contributed by atoms with Crippen LogP contribution in [0.25, 0.3) is 0 Å². The maximum Gasteiger partial charge on any atom is 0.128 e. The van der Waals surface area contributed by atoms with Gasteiger partial charge in [0.2, 0.25) is 0 Å². The highest BCUT2D eigenvalue weighted by atomic mass is 16.5. The number of para-hydroxylation sites is 1. The zero-order chi connectivity index (χ0) is 12.7. The van der Waals surface area contributed by atoms with E-state index >= 15 is 0 Å². The number of nitrogens with zero attached hydrogens (tertiary/aromatic N) is 2. The lowest BCUT2D eigenvalue weighted by Gasteiger charge is -2.14. The molecule has 0 radical (unpaired) electrons. The van der Waals surface area contributed by atoms with Gasteiger partial charge in [0.05, 0.1) is 12.8 Å². The molecule has 4 nitrogen and oxygen atoms in total. The van der Waals surface area contributed by atoms with E-state index in [4.69, 9.17) is 4.74 Å². The quantitative estimate of drug-likeness (QED) is 0.875. The molecule has 1 aliphatic rings. The van der Waals surface area contributed by atoms with Gasteiger partial charge >= 0.3 is 0 Å². The van der Waals surface area contributed by atoms with Crippen molar-refractivity contribution in [2.45, 2.75) is 19.4 Å². The number of aliphatic hydroxyl groups is 1. The molecule has 94 valence electrons. The molecule has 1 atom stereocenters. The molecular formula is C14H16N2O2. The maximum absolute atomic E-state index is 10.5. The second kappa shape index (κ2) is 4.14. The fourth-order valence-corrected chi connectivity index (χ4v) is 2.41. The number of ether oxygens (including phenoxy) is 1. The van der Waals surface area contributed by atoms with E-state index < -0.39 is 6.10 Å². The summed E-state index contributed by atoms with van der Waals surface area (Å²) < 4.78 is 7.40. The van der Waals surface area contributed by atoms with Crippen molar-refractivity contribution in [2.75, 3.05) is 6.61 Å². The summed E-state index contributed by atoms with van der Waals surface area (Å²) in [4.78, 5) is 0. The summed E-state index contributed by atoms with van der Waals surface area (Å²) in [7, 11) is 1.87. The van der Waals surface area contributed by atoms with Crippen LogP contribution < -0.4 is 4.74 Å². The molecule has 0 aliphatic carbocycles. The van der Waals surface area contributed by atoms with Crippen molar-refractivity contribution in [1.82, 2.24) is 9.78 Å². The van der Waals surface area contributed by atoms with Crippen LogP contribution in [0.4, 0.5) is 0 Å². The van der Waals surface area contributed by atoms with Crippen LogP contribution in [0.5, 0.6) is 5.75 Å². The number of hydrogen-bond acceptors (Lipinski definition) is 3. The van der Waals surface area contributed by atoms with Gasteiger partial charge in [-0.3, -0.25) is 4.68 Å². The Morgan fingerprint density at radius 1 is 1.39 bits per heavy atom. The van der Waals surface area contributed by atoms with Gasteiger partial charge in [0.15, 0.2) is 0 Å². The monoisotopic (exact) mass is 244 g/mol. The first-order valence-electron chi connectivity index (χ1n) is 6.09. The molecule has 1 N–H and O–H groups in total. The highest BCUT2D eigenvalue weighted by Gasteiger charge is 2.23. The summed E-state index contributed by atoms with van der Waals surface area (Å²) in [5, 5.41) is 14.7. The Morgan fingerprint density at radius 3 is 2.94 bits per heavy atom. The molecule has 1 aromatic heterocycles. The van der Waals surface area contributed by atoms with Crippen molar-refractivity contribution >= 4 is 0 Å². The zero-order valence-electron chi connectivity index (χ0n) is 10.6. The number of hydrogen-bond donors (Lipinski definition) is 1. The van der Waals surface area contributed by atoms with E-state index in [-0.39, 0.29) is 0 Å². The van der Waals surface area contributed by atoms with Gasteiger partial charge in [-0.25, -0.2) is 0 Å². The highest BCUT2D eigenvalue weighted by molar-refractivity contribution is 5.48. The zero-order valence-corrected chi connectivity index (χ0v) is 10.6. The largest absolute Gasteiger partial charge is 0.493 e. The van der Waals surface area contributed by atoms with Gasteiger partial charge in [-0.15, -0.1) is 0 Å². The molecule has 0 bridgehead atoms. The van der Waals surface area contributed by atoms with Crippen LogP contribution in [0.3, 0.4) is 0 Å². The van der Waals surface area contributed by atoms with Gasteiger partial charge in [0, 0.05) is 30.3 Å². The molecule has 1 aliphatic heterocycles. The van der Waals surface area contributed by atoms with Crippen molar-refractivity contribution in [1.29, 1.82) is 0 Å². The van der Waals surface area contributed by atoms with Gasteiger partial charge in [-0.2, -0.15) is 5.10 Å². The molecule has 2 aromatic rings. The molecule has 0 saturated carbocycles. The first kappa shape index (κ1) is 11.3. The van der Waals surface area contributed by atoms with Crippen LogP contribution in [0, 0.1) is 6.92 Å². The second-order valence-corrected chi connectivity index (χ2v) is 4.65. The van der Waals surface area contributed by atoms with E-state index in [2.05, 4.69) is 11.2 Å². The minimum absolute atomic E-state index is 0.674. The second-order valence-electron chi connectivity index (χ2n) is 4.65. The van der Waals surface area contributed by atoms with E-state index in [1.807, 2.05) is 26.1 Å². The van der Waals surface area contributed by atoms with Crippen LogP contribution in [0.1, 0.15) is 28.5 Å². The minimum Gasteiger partial charge on any atom is -0.493 e. The molecule has 0 fully saturated rings. The smallest absolute Gasteiger partial charge is 0.128 e. The summed E-state index contributed by atoms with van der Waals surface area (Å²) in [6, 6.07) is 5.94. The van der Waals surface area contributed by atoms with Crippen molar-refractivity contribution < 1.29 is 9.84 Å². The topological polar surface area (TPSA) is 47.3 Å². The Morgan fingerprint density at radius 2 is 2.22 bits per heavy atom. The van der Waals surface area contributed by atoms with Gasteiger partial charge < -0.3 is 9.84 Å². The van der Waals surface area contributed by atoms with Gasteiger partial charge in [-0.1, -0.05) is 18.2 Å². The third kappa shape index (κ3) is 1.61. The molecule has 4 heteroatoms. The van der Waals surface area contributed by atoms with Crippen molar-refractivity contribution in [3.05, 3.63) is 46.8 Å². The first-order chi connectivity index (χ1) is 8.68. The average molecular weight is 244 g/mol. The van der Waals surface area contributed by atoms with Crippen molar-refractivity contribution in [2.24, 2.45) is 7.05 Å². The lowest BCUT2D eigenvalue weighted by atomic mass is 9.99. The molecular weight excluding hydrogens is 228 g/mol. The van der Waals surface area contributed by atoms with Gasteiger partial charge in [0.1, 0.15) is 11.9 Å². The predicted octanol–water partition coefficient (Wildman–Crippen LogP) is 1.75. The molecule has 0 saturated heterocycles. The number of benzene rings is 1. The lowest BCUT2D eigenvalue weighted by molar-refractivity contribution is 0.213. The number of aryl methyl sites for hydroxylation is 1. The number of fused-ring (bicyclic) bond motifs is 1. The molecule has 1 aromatic carbocycles. The Labute approximate surface area is 106 Å². The summed E-state index contributed by atoms with van der Waals surface area (Å²) in [5.41, 5.74) is 3.81. The SMILES string of the molecule is Cc1c(C(O)c2cccc3c2OCC3)cnn1C. The molecule has 0 amide bonds. The molecule has 3 rings (SSSR count). The normalized spacial score (nSPS) is 15.3. The average Bonchev–Trinajstić information content (AvgIpc) is 2.96. The first-order valence-corrected chi connectivity index (χ1v) is 6.09. The number of rotatable bonds is 2. The summed E-state index contributed by atoms with van der Waals surface area (Å²) in [5.74, 6) is 0.841. The van der Waals surface area contributed by atoms with E-state index in [1.165, 1.54) is 5.56 Å². The van der Waals surface area contributed by atoms with Gasteiger partial charge in [0.25, 0.3) is 0 Å². The summed E-state index contributed by atoms with van der Waals surface area (Å²) in [6.45, 7) is 2.65. The van der Waals surface area contributed by atoms with E-state index in [9.17, 15) is 5.11 Å². The van der Waals surface area contributed by atoms with Crippen molar-refractivity contribution in [3.63, 3.8) is 0 Å². The fraction of sp³-hybridized carbons (Fsp3) is 0.357. The van der Waals surface area contributed by atoms with Crippen LogP contribution in [0.2, 0.25) is 0 Å². The fourth-order valence-electron chi connectivity index (χ4n) is 2.41. The van der Waals surface area contributed by atoms with Crippen LogP contribution >= 0.6 is 0 Å². The maximum atomic E-state index is 10.5. The highest BCUT2D eigenvalue weighted by Crippen LogP contribution is 2.36. The van der Waals surface area contributed by atoms with Crippen molar-refractivity contribution in [3.8, 4) is 5.75 Å². The number of aliphatic hydroxyl groups excluding tert-OH is 1. The molecule has 2 heterocycles.